The molecule has 0 unspecified atom stereocenters. The topological polar surface area (TPSA) is 12.0 Å². The highest BCUT2D eigenvalue weighted by atomic mass is 35.5. The molecule has 0 fully saturated rings. The fourth-order valence-electron chi connectivity index (χ4n) is 2.44. The molecule has 0 aliphatic heterocycles. The second-order valence-corrected chi connectivity index (χ2v) is 5.73. The van der Waals surface area contributed by atoms with Crippen molar-refractivity contribution in [3.05, 3.63) is 95.0 Å². The van der Waals surface area contributed by atoms with E-state index in [0.717, 1.165) is 18.1 Å². The molecule has 0 aliphatic rings. The molecular formula is C20H18ClN. The van der Waals surface area contributed by atoms with Gasteiger partial charge in [-0.25, -0.2) is 0 Å². The van der Waals surface area contributed by atoms with E-state index in [-0.39, 0.29) is 0 Å². The molecule has 0 radical (unpaired) electrons. The number of hydrogen-bond acceptors (Lipinski definition) is 1. The minimum atomic E-state index is 0.784. The SMILES string of the molecule is Clc1cccc(CNCc2ccc(-c3ccccc3)cc2)c1. The van der Waals surface area contributed by atoms with Crippen LogP contribution in [0, 0.1) is 0 Å². The average Bonchev–Trinajstić information content (AvgIpc) is 2.56. The van der Waals surface area contributed by atoms with Crippen LogP contribution in [0.4, 0.5) is 0 Å². The van der Waals surface area contributed by atoms with Gasteiger partial charge in [0.1, 0.15) is 0 Å². The van der Waals surface area contributed by atoms with Gasteiger partial charge < -0.3 is 5.32 Å². The van der Waals surface area contributed by atoms with Crippen LogP contribution in [0.1, 0.15) is 11.1 Å². The zero-order chi connectivity index (χ0) is 15.2. The molecule has 3 aromatic rings. The van der Waals surface area contributed by atoms with E-state index in [9.17, 15) is 0 Å². The molecule has 110 valence electrons. The first kappa shape index (κ1) is 14.8. The predicted molar refractivity (Wildman–Crippen MR) is 93.9 cm³/mol. The van der Waals surface area contributed by atoms with Crippen LogP contribution in [0.15, 0.2) is 78.9 Å². The van der Waals surface area contributed by atoms with Crippen LogP contribution in [-0.4, -0.2) is 0 Å². The number of rotatable bonds is 5. The minimum absolute atomic E-state index is 0.784. The number of hydrogen-bond donors (Lipinski definition) is 1. The van der Waals surface area contributed by atoms with Crippen LogP contribution in [-0.2, 0) is 13.1 Å². The zero-order valence-corrected chi connectivity index (χ0v) is 13.1. The maximum absolute atomic E-state index is 5.99. The first-order valence-corrected chi connectivity index (χ1v) is 7.78. The Morgan fingerprint density at radius 2 is 1.32 bits per heavy atom. The molecule has 0 saturated heterocycles. The third-order valence-corrected chi connectivity index (χ3v) is 3.84. The van der Waals surface area contributed by atoms with Gasteiger partial charge in [-0.3, -0.25) is 0 Å². The minimum Gasteiger partial charge on any atom is -0.309 e. The van der Waals surface area contributed by atoms with E-state index in [1.54, 1.807) is 0 Å². The molecule has 0 atom stereocenters. The monoisotopic (exact) mass is 307 g/mol. The lowest BCUT2D eigenvalue weighted by atomic mass is 10.0. The smallest absolute Gasteiger partial charge is 0.0409 e. The Labute approximate surface area is 136 Å². The van der Waals surface area contributed by atoms with Crippen molar-refractivity contribution < 1.29 is 0 Å². The summed E-state index contributed by atoms with van der Waals surface area (Å²) in [7, 11) is 0. The normalized spacial score (nSPS) is 10.6. The molecule has 0 heterocycles. The molecule has 0 bridgehead atoms. The highest BCUT2D eigenvalue weighted by molar-refractivity contribution is 6.30. The van der Waals surface area contributed by atoms with Gasteiger partial charge in [-0.05, 0) is 34.4 Å². The van der Waals surface area contributed by atoms with Crippen LogP contribution in [0.25, 0.3) is 11.1 Å². The lowest BCUT2D eigenvalue weighted by molar-refractivity contribution is 0.693. The number of halogens is 1. The molecule has 0 aliphatic carbocycles. The number of benzene rings is 3. The Morgan fingerprint density at radius 1 is 0.636 bits per heavy atom. The summed E-state index contributed by atoms with van der Waals surface area (Å²) in [5, 5.41) is 4.23. The Bertz CT molecular complexity index is 720. The lowest BCUT2D eigenvalue weighted by Crippen LogP contribution is -2.12. The molecule has 0 spiro atoms. The Kier molecular flexibility index (Phi) is 4.89. The van der Waals surface area contributed by atoms with Crippen LogP contribution in [0.5, 0.6) is 0 Å². The first-order valence-electron chi connectivity index (χ1n) is 7.41. The lowest BCUT2D eigenvalue weighted by Gasteiger charge is -2.07. The largest absolute Gasteiger partial charge is 0.309 e. The van der Waals surface area contributed by atoms with Crippen molar-refractivity contribution in [2.75, 3.05) is 0 Å². The van der Waals surface area contributed by atoms with Crippen molar-refractivity contribution >= 4 is 11.6 Å². The Balaban J connectivity index is 1.57. The summed E-state index contributed by atoms with van der Waals surface area (Å²) in [6.45, 7) is 1.67. The van der Waals surface area contributed by atoms with Gasteiger partial charge in [0.15, 0.2) is 0 Å². The number of nitrogens with one attached hydrogen (secondary N) is 1. The van der Waals surface area contributed by atoms with Gasteiger partial charge >= 0.3 is 0 Å². The molecule has 2 heteroatoms. The van der Waals surface area contributed by atoms with E-state index in [1.165, 1.54) is 22.3 Å². The summed E-state index contributed by atoms with van der Waals surface area (Å²) in [6, 6.07) is 27.1. The van der Waals surface area contributed by atoms with Gasteiger partial charge in [0, 0.05) is 18.1 Å². The van der Waals surface area contributed by atoms with Gasteiger partial charge in [0.2, 0.25) is 0 Å². The van der Waals surface area contributed by atoms with Crippen LogP contribution in [0.2, 0.25) is 5.02 Å². The van der Waals surface area contributed by atoms with Gasteiger partial charge in [0.05, 0.1) is 0 Å². The summed E-state index contributed by atoms with van der Waals surface area (Å²) in [4.78, 5) is 0. The van der Waals surface area contributed by atoms with Crippen molar-refractivity contribution in [3.63, 3.8) is 0 Å². The highest BCUT2D eigenvalue weighted by Crippen LogP contribution is 2.19. The van der Waals surface area contributed by atoms with E-state index < -0.39 is 0 Å². The quantitative estimate of drug-likeness (QED) is 0.674. The summed E-state index contributed by atoms with van der Waals surface area (Å²) in [6.07, 6.45) is 0. The standard InChI is InChI=1S/C20H18ClN/c21-20-8-4-5-17(13-20)15-22-14-16-9-11-19(12-10-16)18-6-2-1-3-7-18/h1-13,22H,14-15H2. The van der Waals surface area contributed by atoms with E-state index in [4.69, 9.17) is 11.6 Å². The molecule has 0 aromatic heterocycles. The van der Waals surface area contributed by atoms with Crippen molar-refractivity contribution in [1.29, 1.82) is 0 Å². The molecule has 1 N–H and O–H groups in total. The zero-order valence-electron chi connectivity index (χ0n) is 12.3. The van der Waals surface area contributed by atoms with Gasteiger partial charge in [-0.1, -0.05) is 78.3 Å². The second-order valence-electron chi connectivity index (χ2n) is 5.30. The van der Waals surface area contributed by atoms with E-state index in [0.29, 0.717) is 0 Å². The summed E-state index contributed by atoms with van der Waals surface area (Å²) < 4.78 is 0. The average molecular weight is 308 g/mol. The van der Waals surface area contributed by atoms with E-state index in [2.05, 4.69) is 59.9 Å². The van der Waals surface area contributed by atoms with Crippen LogP contribution >= 0.6 is 11.6 Å². The van der Waals surface area contributed by atoms with Gasteiger partial charge in [-0.2, -0.15) is 0 Å². The van der Waals surface area contributed by atoms with E-state index in [1.807, 2.05) is 24.3 Å². The predicted octanol–water partition coefficient (Wildman–Crippen LogP) is 5.30. The molecule has 0 saturated carbocycles. The molecule has 22 heavy (non-hydrogen) atoms. The van der Waals surface area contributed by atoms with Crippen molar-refractivity contribution in [1.82, 2.24) is 5.32 Å². The summed E-state index contributed by atoms with van der Waals surface area (Å²) >= 11 is 5.99. The van der Waals surface area contributed by atoms with E-state index >= 15 is 0 Å². The molecule has 0 amide bonds. The van der Waals surface area contributed by atoms with Crippen LogP contribution in [0.3, 0.4) is 0 Å². The van der Waals surface area contributed by atoms with Crippen molar-refractivity contribution in [2.45, 2.75) is 13.1 Å². The molecule has 3 rings (SSSR count). The van der Waals surface area contributed by atoms with Crippen molar-refractivity contribution in [2.24, 2.45) is 0 Å². The van der Waals surface area contributed by atoms with Gasteiger partial charge in [0.25, 0.3) is 0 Å². The second kappa shape index (κ2) is 7.26. The molecule has 1 nitrogen and oxygen atoms in total. The maximum atomic E-state index is 5.99. The summed E-state index contributed by atoms with van der Waals surface area (Å²) in [5.41, 5.74) is 4.98. The fraction of sp³-hybridized carbons (Fsp3) is 0.100. The third-order valence-electron chi connectivity index (χ3n) is 3.61. The molecule has 3 aromatic carbocycles. The molecular weight excluding hydrogens is 290 g/mol. The maximum Gasteiger partial charge on any atom is 0.0409 e. The highest BCUT2D eigenvalue weighted by Gasteiger charge is 1.98. The fourth-order valence-corrected chi connectivity index (χ4v) is 2.66. The van der Waals surface area contributed by atoms with Crippen LogP contribution < -0.4 is 5.32 Å². The Hall–Kier alpha value is -2.09. The van der Waals surface area contributed by atoms with Crippen molar-refractivity contribution in [3.8, 4) is 11.1 Å². The van der Waals surface area contributed by atoms with Gasteiger partial charge in [-0.15, -0.1) is 0 Å². The first-order chi connectivity index (χ1) is 10.8. The summed E-state index contributed by atoms with van der Waals surface area (Å²) in [5.74, 6) is 0. The Morgan fingerprint density at radius 3 is 2.05 bits per heavy atom. The third kappa shape index (κ3) is 3.97.